The Kier molecular flexibility index (Phi) is 5.74. The molecular formula is C21H35N3O3. The van der Waals surface area contributed by atoms with E-state index in [0.717, 1.165) is 57.0 Å². The van der Waals surface area contributed by atoms with Crippen LogP contribution in [0.25, 0.3) is 0 Å². The first-order chi connectivity index (χ1) is 13.0. The number of nitrogens with one attached hydrogen (secondary N) is 2. The Hall–Kier alpha value is -1.14. The lowest BCUT2D eigenvalue weighted by Crippen LogP contribution is -2.57. The maximum atomic E-state index is 12.4. The van der Waals surface area contributed by atoms with E-state index in [9.17, 15) is 9.59 Å². The highest BCUT2D eigenvalue weighted by molar-refractivity contribution is 6.35. The SMILES string of the molecule is CC(NC(=O)C(=O)NCCCN1CCOCC1)C12CC3CC(CC(C3)C1)C2. The van der Waals surface area contributed by atoms with E-state index < -0.39 is 11.8 Å². The minimum atomic E-state index is -0.478. The van der Waals surface area contributed by atoms with Crippen LogP contribution in [0.5, 0.6) is 0 Å². The fraction of sp³-hybridized carbons (Fsp3) is 0.905. The Labute approximate surface area is 162 Å². The monoisotopic (exact) mass is 377 g/mol. The van der Waals surface area contributed by atoms with Gasteiger partial charge in [0, 0.05) is 25.7 Å². The molecule has 1 unspecified atom stereocenters. The number of morpholine rings is 1. The topological polar surface area (TPSA) is 70.7 Å². The van der Waals surface area contributed by atoms with Crippen molar-refractivity contribution in [2.45, 2.75) is 57.9 Å². The summed E-state index contributed by atoms with van der Waals surface area (Å²) in [6.07, 6.45) is 8.75. The third-order valence-electron chi connectivity index (χ3n) is 7.60. The number of hydrogen-bond donors (Lipinski definition) is 2. The van der Waals surface area contributed by atoms with E-state index in [-0.39, 0.29) is 11.5 Å². The molecule has 0 spiro atoms. The number of amides is 2. The van der Waals surface area contributed by atoms with Gasteiger partial charge in [0.05, 0.1) is 13.2 Å². The van der Waals surface area contributed by atoms with E-state index in [1.54, 1.807) is 0 Å². The Morgan fingerprint density at radius 2 is 1.63 bits per heavy atom. The maximum absolute atomic E-state index is 12.4. The van der Waals surface area contributed by atoms with Crippen molar-refractivity contribution < 1.29 is 14.3 Å². The van der Waals surface area contributed by atoms with Gasteiger partial charge in [-0.05, 0) is 81.6 Å². The Morgan fingerprint density at radius 1 is 1.04 bits per heavy atom. The molecule has 0 aromatic carbocycles. The molecule has 27 heavy (non-hydrogen) atoms. The van der Waals surface area contributed by atoms with E-state index >= 15 is 0 Å². The van der Waals surface area contributed by atoms with Crippen molar-refractivity contribution in [3.8, 4) is 0 Å². The second-order valence-electron chi connectivity index (χ2n) is 9.54. The maximum Gasteiger partial charge on any atom is 0.309 e. The molecule has 0 radical (unpaired) electrons. The smallest absolute Gasteiger partial charge is 0.309 e. The van der Waals surface area contributed by atoms with Crippen molar-refractivity contribution in [2.24, 2.45) is 23.2 Å². The van der Waals surface area contributed by atoms with Gasteiger partial charge in [0.15, 0.2) is 0 Å². The van der Waals surface area contributed by atoms with Crippen LogP contribution in [-0.4, -0.2) is 62.1 Å². The average Bonchev–Trinajstić information content (AvgIpc) is 2.64. The molecule has 0 aromatic rings. The molecule has 4 aliphatic carbocycles. The summed E-state index contributed by atoms with van der Waals surface area (Å²) in [5.41, 5.74) is 0.237. The number of carbonyl (C=O) groups excluding carboxylic acids is 2. The molecule has 1 aliphatic heterocycles. The third-order valence-corrected chi connectivity index (χ3v) is 7.60. The lowest BCUT2D eigenvalue weighted by atomic mass is 9.48. The molecule has 1 heterocycles. The number of hydrogen-bond acceptors (Lipinski definition) is 4. The van der Waals surface area contributed by atoms with Gasteiger partial charge in [0.2, 0.25) is 0 Å². The lowest BCUT2D eigenvalue weighted by molar-refractivity contribution is -0.141. The predicted molar refractivity (Wildman–Crippen MR) is 103 cm³/mol. The van der Waals surface area contributed by atoms with Crippen LogP contribution in [-0.2, 0) is 14.3 Å². The fourth-order valence-corrected chi connectivity index (χ4v) is 6.53. The van der Waals surface area contributed by atoms with Crippen molar-refractivity contribution >= 4 is 11.8 Å². The molecule has 6 heteroatoms. The molecule has 5 fully saturated rings. The second-order valence-corrected chi connectivity index (χ2v) is 9.54. The summed E-state index contributed by atoms with van der Waals surface area (Å²) in [6, 6.07) is 0.0949. The predicted octanol–water partition coefficient (Wildman–Crippen LogP) is 1.55. The largest absolute Gasteiger partial charge is 0.379 e. The molecule has 5 rings (SSSR count). The molecule has 6 nitrogen and oxygen atoms in total. The highest BCUT2D eigenvalue weighted by Crippen LogP contribution is 2.61. The molecule has 4 bridgehead atoms. The Balaban J connectivity index is 1.20. The normalized spacial score (nSPS) is 36.4. The minimum Gasteiger partial charge on any atom is -0.379 e. The van der Waals surface area contributed by atoms with Gasteiger partial charge in [-0.15, -0.1) is 0 Å². The minimum absolute atomic E-state index is 0.0949. The van der Waals surface area contributed by atoms with Crippen LogP contribution in [0.15, 0.2) is 0 Å². The summed E-state index contributed by atoms with van der Waals surface area (Å²) in [5, 5.41) is 5.84. The van der Waals surface area contributed by atoms with Gasteiger partial charge in [0.25, 0.3) is 0 Å². The summed E-state index contributed by atoms with van der Waals surface area (Å²) < 4.78 is 5.34. The van der Waals surface area contributed by atoms with E-state index in [0.29, 0.717) is 6.54 Å². The van der Waals surface area contributed by atoms with Crippen LogP contribution < -0.4 is 10.6 Å². The molecular weight excluding hydrogens is 342 g/mol. The van der Waals surface area contributed by atoms with Crippen LogP contribution in [0.1, 0.15) is 51.9 Å². The summed E-state index contributed by atoms with van der Waals surface area (Å²) in [7, 11) is 0. The van der Waals surface area contributed by atoms with Gasteiger partial charge < -0.3 is 15.4 Å². The van der Waals surface area contributed by atoms with Gasteiger partial charge in [0.1, 0.15) is 0 Å². The molecule has 2 N–H and O–H groups in total. The summed E-state index contributed by atoms with van der Waals surface area (Å²) in [5.74, 6) is 1.62. The van der Waals surface area contributed by atoms with Gasteiger partial charge >= 0.3 is 11.8 Å². The van der Waals surface area contributed by atoms with E-state index in [2.05, 4.69) is 22.5 Å². The van der Waals surface area contributed by atoms with Crippen molar-refractivity contribution in [2.75, 3.05) is 39.4 Å². The first kappa shape index (κ1) is 19.2. The van der Waals surface area contributed by atoms with Gasteiger partial charge in [-0.2, -0.15) is 0 Å². The standard InChI is InChI=1S/C21H35N3O3/c1-15(21-12-16-9-17(13-21)11-18(10-16)14-21)23-20(26)19(25)22-3-2-4-24-5-7-27-8-6-24/h15-18H,2-14H2,1H3,(H,22,25)(H,23,26). The average molecular weight is 378 g/mol. The molecule has 1 saturated heterocycles. The van der Waals surface area contributed by atoms with E-state index in [4.69, 9.17) is 4.74 Å². The zero-order valence-electron chi connectivity index (χ0n) is 16.7. The van der Waals surface area contributed by atoms with Crippen molar-refractivity contribution in [1.82, 2.24) is 15.5 Å². The Morgan fingerprint density at radius 3 is 2.22 bits per heavy atom. The third kappa shape index (κ3) is 4.32. The number of nitrogens with zero attached hydrogens (tertiary/aromatic N) is 1. The van der Waals surface area contributed by atoms with Crippen molar-refractivity contribution in [1.29, 1.82) is 0 Å². The van der Waals surface area contributed by atoms with E-state index in [1.165, 1.54) is 38.5 Å². The quantitative estimate of drug-likeness (QED) is 0.544. The first-order valence-corrected chi connectivity index (χ1v) is 10.9. The molecule has 1 atom stereocenters. The molecule has 4 saturated carbocycles. The van der Waals surface area contributed by atoms with E-state index in [1.807, 2.05) is 0 Å². The highest BCUT2D eigenvalue weighted by Gasteiger charge is 2.53. The van der Waals surface area contributed by atoms with Crippen LogP contribution in [0.2, 0.25) is 0 Å². The first-order valence-electron chi connectivity index (χ1n) is 10.9. The van der Waals surface area contributed by atoms with Gasteiger partial charge in [-0.1, -0.05) is 0 Å². The van der Waals surface area contributed by atoms with Crippen molar-refractivity contribution in [3.05, 3.63) is 0 Å². The highest BCUT2D eigenvalue weighted by atomic mass is 16.5. The zero-order chi connectivity index (χ0) is 18.9. The molecule has 5 aliphatic rings. The lowest BCUT2D eigenvalue weighted by Gasteiger charge is -2.59. The number of carbonyl (C=O) groups is 2. The summed E-state index contributed by atoms with van der Waals surface area (Å²) in [4.78, 5) is 26.9. The van der Waals surface area contributed by atoms with Gasteiger partial charge in [-0.3, -0.25) is 14.5 Å². The number of rotatable bonds is 6. The fourth-order valence-electron chi connectivity index (χ4n) is 6.53. The molecule has 152 valence electrons. The molecule has 2 amide bonds. The van der Waals surface area contributed by atoms with Crippen LogP contribution in [0.3, 0.4) is 0 Å². The second kappa shape index (κ2) is 8.08. The summed E-state index contributed by atoms with van der Waals surface area (Å²) in [6.45, 7) is 7.10. The Bertz CT molecular complexity index is 524. The van der Waals surface area contributed by atoms with Crippen LogP contribution >= 0.6 is 0 Å². The van der Waals surface area contributed by atoms with Crippen LogP contribution in [0, 0.1) is 23.2 Å². The van der Waals surface area contributed by atoms with Crippen molar-refractivity contribution in [3.63, 3.8) is 0 Å². The van der Waals surface area contributed by atoms with Crippen LogP contribution in [0.4, 0.5) is 0 Å². The number of ether oxygens (including phenoxy) is 1. The summed E-state index contributed by atoms with van der Waals surface area (Å²) >= 11 is 0. The molecule has 0 aromatic heterocycles. The van der Waals surface area contributed by atoms with Gasteiger partial charge in [-0.25, -0.2) is 0 Å². The zero-order valence-corrected chi connectivity index (χ0v) is 16.7.